The molecule has 70 heavy (non-hydrogen) atoms. The highest BCUT2D eigenvalue weighted by Crippen LogP contribution is 2.64. The maximum absolute atomic E-state index is 7.25. The summed E-state index contributed by atoms with van der Waals surface area (Å²) in [5.41, 5.74) is 18.7. The summed E-state index contributed by atoms with van der Waals surface area (Å²) in [5, 5.41) is 6.78. The van der Waals surface area contributed by atoms with Gasteiger partial charge in [-0.05, 0) is 111 Å². The summed E-state index contributed by atoms with van der Waals surface area (Å²) in [6.07, 6.45) is 4.14. The molecule has 3 nitrogen and oxygen atoms in total. The first-order valence-electron chi connectivity index (χ1n) is 24.3. The van der Waals surface area contributed by atoms with Gasteiger partial charge in [-0.25, -0.2) is 0 Å². The number of nitrogens with zero attached hydrogens (tertiary/aromatic N) is 1. The Balaban J connectivity index is 1.00. The van der Waals surface area contributed by atoms with Crippen LogP contribution < -0.4 is 9.64 Å². The minimum Gasteiger partial charge on any atom is -0.456 e. The molecule has 332 valence electrons. The number of fused-ring (bicyclic) bond motifs is 17. The maximum Gasteiger partial charge on any atom is 0.140 e. The lowest BCUT2D eigenvalue weighted by Gasteiger charge is -2.40. The molecular weight excluding hydrogens is 851 g/mol. The van der Waals surface area contributed by atoms with Gasteiger partial charge in [-0.3, -0.25) is 0 Å². The van der Waals surface area contributed by atoms with Gasteiger partial charge < -0.3 is 14.1 Å². The number of hydrogen-bond acceptors (Lipinski definition) is 3. The van der Waals surface area contributed by atoms with Gasteiger partial charge in [0, 0.05) is 55.0 Å². The van der Waals surface area contributed by atoms with E-state index in [-0.39, 0.29) is 5.41 Å². The standard InChI is InChI=1S/C67H47NO2/c1-5-16-60(63-41(2)66(3,4)55-24-13-11-23-53(55)63)68(46-32-27-42(28-33-46)45-29-35-52-51-22-12-15-26-61(51)69-62(52)39-45)47-34-38-57-54(40-47)50-21-10-14-25-56(50)67(57)58-36-30-43-17-6-8-19-48(43)64(58)70-65-49-20-9-7-18-44(49)31-37-59(65)67/h5-40H,1H2,2-4H3/b60-16+. The molecule has 0 radical (unpaired) electrons. The van der Waals surface area contributed by atoms with E-state index in [0.29, 0.717) is 0 Å². The zero-order valence-electron chi connectivity index (χ0n) is 39.3. The third-order valence-electron chi connectivity index (χ3n) is 15.9. The monoisotopic (exact) mass is 897 g/mol. The Morgan fingerprint density at radius 2 is 1.03 bits per heavy atom. The quantitative estimate of drug-likeness (QED) is 0.156. The van der Waals surface area contributed by atoms with Crippen LogP contribution in [-0.4, -0.2) is 0 Å². The van der Waals surface area contributed by atoms with E-state index in [4.69, 9.17) is 9.15 Å². The summed E-state index contributed by atoms with van der Waals surface area (Å²) in [6, 6.07) is 75.3. The van der Waals surface area contributed by atoms with Gasteiger partial charge in [0.1, 0.15) is 22.7 Å². The molecule has 10 aromatic carbocycles. The molecule has 1 aromatic heterocycles. The molecule has 1 spiro atoms. The fourth-order valence-electron chi connectivity index (χ4n) is 12.3. The number of benzene rings is 10. The minimum absolute atomic E-state index is 0.168. The number of furan rings is 1. The van der Waals surface area contributed by atoms with Crippen molar-refractivity contribution >= 4 is 60.4 Å². The van der Waals surface area contributed by atoms with E-state index < -0.39 is 5.41 Å². The molecule has 0 saturated carbocycles. The highest BCUT2D eigenvalue weighted by molar-refractivity contribution is 6.06. The zero-order valence-corrected chi connectivity index (χ0v) is 39.3. The Morgan fingerprint density at radius 3 is 1.74 bits per heavy atom. The average molecular weight is 898 g/mol. The molecule has 2 heterocycles. The van der Waals surface area contributed by atoms with Crippen molar-refractivity contribution < 1.29 is 9.15 Å². The molecule has 0 fully saturated rings. The molecule has 3 aliphatic rings. The third-order valence-corrected chi connectivity index (χ3v) is 15.9. The molecule has 3 heteroatoms. The third kappa shape index (κ3) is 5.52. The van der Waals surface area contributed by atoms with E-state index in [2.05, 4.69) is 232 Å². The first-order valence-corrected chi connectivity index (χ1v) is 24.3. The van der Waals surface area contributed by atoms with Gasteiger partial charge in [0.25, 0.3) is 0 Å². The van der Waals surface area contributed by atoms with Crippen molar-refractivity contribution in [1.29, 1.82) is 0 Å². The van der Waals surface area contributed by atoms with Gasteiger partial charge >= 0.3 is 0 Å². The second-order valence-corrected chi connectivity index (χ2v) is 19.6. The van der Waals surface area contributed by atoms with Gasteiger partial charge in [-0.2, -0.15) is 0 Å². The van der Waals surface area contributed by atoms with Gasteiger partial charge in [0.05, 0.1) is 11.1 Å². The van der Waals surface area contributed by atoms with E-state index in [0.717, 1.165) is 94.3 Å². The first-order chi connectivity index (χ1) is 34.3. The van der Waals surface area contributed by atoms with E-state index in [9.17, 15) is 0 Å². The van der Waals surface area contributed by atoms with Crippen LogP contribution >= 0.6 is 0 Å². The maximum atomic E-state index is 7.25. The van der Waals surface area contributed by atoms with Gasteiger partial charge in [0.2, 0.25) is 0 Å². The molecule has 0 amide bonds. The van der Waals surface area contributed by atoms with Crippen LogP contribution in [0.3, 0.4) is 0 Å². The van der Waals surface area contributed by atoms with E-state index in [1.165, 1.54) is 44.5 Å². The van der Waals surface area contributed by atoms with Crippen molar-refractivity contribution in [3.8, 4) is 33.8 Å². The number of anilines is 2. The fourth-order valence-corrected chi connectivity index (χ4v) is 12.3. The largest absolute Gasteiger partial charge is 0.456 e. The van der Waals surface area contributed by atoms with Crippen molar-refractivity contribution in [2.24, 2.45) is 0 Å². The second-order valence-electron chi connectivity index (χ2n) is 19.6. The van der Waals surface area contributed by atoms with Gasteiger partial charge in [-0.1, -0.05) is 196 Å². The smallest absolute Gasteiger partial charge is 0.140 e. The summed E-state index contributed by atoms with van der Waals surface area (Å²) in [5.74, 6) is 1.83. The predicted octanol–water partition coefficient (Wildman–Crippen LogP) is 18.0. The Morgan fingerprint density at radius 1 is 0.471 bits per heavy atom. The summed E-state index contributed by atoms with van der Waals surface area (Å²) >= 11 is 0. The van der Waals surface area contributed by atoms with Gasteiger partial charge in [-0.15, -0.1) is 0 Å². The van der Waals surface area contributed by atoms with Gasteiger partial charge in [0.15, 0.2) is 0 Å². The van der Waals surface area contributed by atoms with Crippen molar-refractivity contribution in [3.05, 3.63) is 270 Å². The molecule has 0 N–H and O–H groups in total. The SMILES string of the molecule is C=C/C=C(\C1=C(C)C(C)(C)c2ccccc21)N(c1ccc(-c2ccc3c(c2)oc2ccccc23)cc1)c1ccc2c(c1)-c1ccccc1C21c2ccc3ccccc3c2Oc2c1ccc1ccccc21. The molecule has 0 saturated heterocycles. The second kappa shape index (κ2) is 14.9. The molecule has 2 aliphatic carbocycles. The van der Waals surface area contributed by atoms with Crippen molar-refractivity contribution in [2.45, 2.75) is 31.6 Å². The van der Waals surface area contributed by atoms with Crippen LogP contribution in [0.1, 0.15) is 54.2 Å². The van der Waals surface area contributed by atoms with Crippen LogP contribution in [0.15, 0.2) is 241 Å². The van der Waals surface area contributed by atoms with Crippen molar-refractivity contribution in [1.82, 2.24) is 0 Å². The van der Waals surface area contributed by atoms with Crippen LogP contribution in [0.5, 0.6) is 11.5 Å². The first kappa shape index (κ1) is 40.4. The number of hydrogen-bond donors (Lipinski definition) is 0. The molecule has 11 aromatic rings. The molecular formula is C67H47NO2. The highest BCUT2D eigenvalue weighted by Gasteiger charge is 2.52. The Bertz CT molecular complexity index is 4020. The highest BCUT2D eigenvalue weighted by atomic mass is 16.5. The average Bonchev–Trinajstić information content (AvgIpc) is 3.99. The summed E-state index contributed by atoms with van der Waals surface area (Å²) in [6.45, 7) is 11.3. The normalized spacial score (nSPS) is 14.9. The minimum atomic E-state index is -0.651. The Hall–Kier alpha value is -8.66. The zero-order chi connectivity index (χ0) is 46.9. The number of rotatable bonds is 6. The van der Waals surface area contributed by atoms with E-state index in [1.54, 1.807) is 0 Å². The van der Waals surface area contributed by atoms with E-state index in [1.807, 2.05) is 18.2 Å². The van der Waals surface area contributed by atoms with Crippen LogP contribution in [0.4, 0.5) is 11.4 Å². The molecule has 0 atom stereocenters. The van der Waals surface area contributed by atoms with Crippen molar-refractivity contribution in [2.75, 3.05) is 4.90 Å². The van der Waals surface area contributed by atoms with Crippen LogP contribution in [0, 0.1) is 0 Å². The lowest BCUT2D eigenvalue weighted by molar-refractivity contribution is 0.447. The predicted molar refractivity (Wildman–Crippen MR) is 290 cm³/mol. The molecule has 14 rings (SSSR count). The van der Waals surface area contributed by atoms with Crippen molar-refractivity contribution in [3.63, 3.8) is 0 Å². The van der Waals surface area contributed by atoms with E-state index >= 15 is 0 Å². The Labute approximate surface area is 407 Å². The number of para-hydroxylation sites is 1. The topological polar surface area (TPSA) is 25.6 Å². The fraction of sp³-hybridized carbons (Fsp3) is 0.0746. The molecule has 1 aliphatic heterocycles. The summed E-state index contributed by atoms with van der Waals surface area (Å²) < 4.78 is 13.6. The summed E-state index contributed by atoms with van der Waals surface area (Å²) in [7, 11) is 0. The van der Waals surface area contributed by atoms with Crippen LogP contribution in [-0.2, 0) is 10.8 Å². The number of allylic oxidation sites excluding steroid dienone is 4. The van der Waals surface area contributed by atoms with Crippen LogP contribution in [0.25, 0.3) is 71.3 Å². The Kier molecular flexibility index (Phi) is 8.61. The van der Waals surface area contributed by atoms with Crippen LogP contribution in [0.2, 0.25) is 0 Å². The molecule has 0 bridgehead atoms. The number of ether oxygens (including phenoxy) is 1. The lowest BCUT2D eigenvalue weighted by atomic mass is 9.65. The summed E-state index contributed by atoms with van der Waals surface area (Å²) in [4.78, 5) is 2.45. The molecule has 0 unspecified atom stereocenters. The lowest BCUT2D eigenvalue weighted by Crippen LogP contribution is -2.32.